The molecule has 0 aliphatic carbocycles. The van der Waals surface area contributed by atoms with Gasteiger partial charge in [0.25, 0.3) is 5.91 Å². The van der Waals surface area contributed by atoms with Crippen LogP contribution in [0.4, 0.5) is 13.2 Å². The quantitative estimate of drug-likeness (QED) is 0.469. The Bertz CT molecular complexity index is 1090. The summed E-state index contributed by atoms with van der Waals surface area (Å²) in [4.78, 5) is 29.3. The Morgan fingerprint density at radius 3 is 2.46 bits per heavy atom. The lowest BCUT2D eigenvalue weighted by molar-refractivity contribution is -0.137. The molecule has 8 heteroatoms. The molecule has 2 aliphatic rings. The molecule has 4 rings (SSSR count). The van der Waals surface area contributed by atoms with Crippen molar-refractivity contribution in [3.05, 3.63) is 65.2 Å². The number of piperidine rings is 1. The lowest BCUT2D eigenvalue weighted by Gasteiger charge is -2.44. The van der Waals surface area contributed by atoms with E-state index in [2.05, 4.69) is 6.07 Å². The maximum absolute atomic E-state index is 13.1. The van der Waals surface area contributed by atoms with E-state index in [1.54, 1.807) is 4.90 Å². The van der Waals surface area contributed by atoms with Crippen LogP contribution in [0.1, 0.15) is 66.4 Å². The van der Waals surface area contributed by atoms with Crippen molar-refractivity contribution in [3.8, 4) is 5.75 Å². The minimum atomic E-state index is -4.49. The van der Waals surface area contributed by atoms with Gasteiger partial charge in [0.15, 0.2) is 0 Å². The molecule has 0 radical (unpaired) electrons. The van der Waals surface area contributed by atoms with Gasteiger partial charge in [-0.3, -0.25) is 9.59 Å². The minimum Gasteiger partial charge on any atom is -0.493 e. The Morgan fingerprint density at radius 1 is 0.946 bits per heavy atom. The van der Waals surface area contributed by atoms with E-state index in [1.807, 2.05) is 30.1 Å². The molecule has 2 aromatic rings. The molecule has 0 unspecified atom stereocenters. The van der Waals surface area contributed by atoms with Crippen LogP contribution < -0.4 is 4.74 Å². The maximum atomic E-state index is 13.1. The van der Waals surface area contributed by atoms with Crippen LogP contribution in [-0.2, 0) is 17.4 Å². The number of likely N-dealkylation sites (tertiary alicyclic amines) is 1. The maximum Gasteiger partial charge on any atom is 0.416 e. The SMILES string of the molecule is CN1CC2(CCCCc3ccccc3OCCCC1=O)CCN(C(=O)c1cccc(C(F)(F)F)c1)CC2. The first-order valence-corrected chi connectivity index (χ1v) is 13.1. The Balaban J connectivity index is 1.45. The van der Waals surface area contributed by atoms with E-state index in [-0.39, 0.29) is 22.8 Å². The van der Waals surface area contributed by atoms with Gasteiger partial charge in [0.05, 0.1) is 12.2 Å². The zero-order chi connectivity index (χ0) is 26.5. The summed E-state index contributed by atoms with van der Waals surface area (Å²) < 4.78 is 45.4. The van der Waals surface area contributed by atoms with Crippen molar-refractivity contribution in [2.24, 2.45) is 5.41 Å². The number of carbonyl (C=O) groups is 2. The number of para-hydroxylation sites is 1. The zero-order valence-electron chi connectivity index (χ0n) is 21.4. The second kappa shape index (κ2) is 11.6. The molecule has 0 aromatic heterocycles. The van der Waals surface area contributed by atoms with Gasteiger partial charge in [-0.25, -0.2) is 0 Å². The van der Waals surface area contributed by atoms with E-state index in [0.717, 1.165) is 56.4 Å². The molecule has 0 bridgehead atoms. The van der Waals surface area contributed by atoms with Crippen molar-refractivity contribution in [2.75, 3.05) is 33.3 Å². The molecule has 0 saturated carbocycles. The number of benzene rings is 2. The predicted octanol–water partition coefficient (Wildman–Crippen LogP) is 5.97. The van der Waals surface area contributed by atoms with Gasteiger partial charge >= 0.3 is 6.18 Å². The van der Waals surface area contributed by atoms with Crippen molar-refractivity contribution in [2.45, 2.75) is 57.5 Å². The fourth-order valence-corrected chi connectivity index (χ4v) is 5.54. The summed E-state index contributed by atoms with van der Waals surface area (Å²) in [5.74, 6) is 0.593. The van der Waals surface area contributed by atoms with Crippen LogP contribution in [0.5, 0.6) is 5.75 Å². The predicted molar refractivity (Wildman–Crippen MR) is 135 cm³/mol. The molecule has 37 heavy (non-hydrogen) atoms. The van der Waals surface area contributed by atoms with E-state index in [1.165, 1.54) is 17.7 Å². The summed E-state index contributed by atoms with van der Waals surface area (Å²) in [6, 6.07) is 12.7. The van der Waals surface area contributed by atoms with Gasteiger partial charge in [-0.1, -0.05) is 30.7 Å². The first-order chi connectivity index (χ1) is 17.7. The first-order valence-electron chi connectivity index (χ1n) is 13.1. The molecule has 2 amide bonds. The number of hydrogen-bond acceptors (Lipinski definition) is 3. The summed E-state index contributed by atoms with van der Waals surface area (Å²) in [6.07, 6.45) is 1.82. The van der Waals surface area contributed by atoms with Crippen LogP contribution in [0, 0.1) is 5.41 Å². The summed E-state index contributed by atoms with van der Waals surface area (Å²) in [7, 11) is 1.84. The van der Waals surface area contributed by atoms with E-state index < -0.39 is 11.7 Å². The number of rotatable bonds is 1. The summed E-state index contributed by atoms with van der Waals surface area (Å²) in [6.45, 7) is 2.05. The molecule has 5 nitrogen and oxygen atoms in total. The Hall–Kier alpha value is -3.03. The van der Waals surface area contributed by atoms with Crippen molar-refractivity contribution in [1.29, 1.82) is 0 Å². The summed E-state index contributed by atoms with van der Waals surface area (Å²) in [5, 5.41) is 0. The molecule has 1 saturated heterocycles. The second-order valence-electron chi connectivity index (χ2n) is 10.4. The van der Waals surface area contributed by atoms with Gasteiger partial charge in [-0.2, -0.15) is 13.2 Å². The van der Waals surface area contributed by atoms with Crippen molar-refractivity contribution >= 4 is 11.8 Å². The van der Waals surface area contributed by atoms with Gasteiger partial charge < -0.3 is 14.5 Å². The number of carbonyl (C=O) groups excluding carboxylic acids is 2. The highest BCUT2D eigenvalue weighted by molar-refractivity contribution is 5.94. The number of hydrogen-bond donors (Lipinski definition) is 0. The van der Waals surface area contributed by atoms with E-state index in [4.69, 9.17) is 4.74 Å². The average molecular weight is 517 g/mol. The highest BCUT2D eigenvalue weighted by Crippen LogP contribution is 2.39. The Morgan fingerprint density at radius 2 is 1.70 bits per heavy atom. The van der Waals surface area contributed by atoms with Crippen LogP contribution in [0.2, 0.25) is 0 Å². The summed E-state index contributed by atoms with van der Waals surface area (Å²) >= 11 is 0. The molecule has 0 N–H and O–H groups in total. The van der Waals surface area contributed by atoms with Crippen LogP contribution in [-0.4, -0.2) is 54.9 Å². The minimum absolute atomic E-state index is 0.0601. The first kappa shape index (κ1) is 27.0. The molecular formula is C29H35F3N2O3. The molecule has 2 aliphatic heterocycles. The number of halogens is 3. The lowest BCUT2D eigenvalue weighted by Crippen LogP contribution is -2.48. The fraction of sp³-hybridized carbons (Fsp3) is 0.517. The third-order valence-corrected chi connectivity index (χ3v) is 7.71. The van der Waals surface area contributed by atoms with E-state index >= 15 is 0 Å². The zero-order valence-corrected chi connectivity index (χ0v) is 21.4. The van der Waals surface area contributed by atoms with Crippen molar-refractivity contribution in [3.63, 3.8) is 0 Å². The van der Waals surface area contributed by atoms with Crippen LogP contribution in [0.15, 0.2) is 48.5 Å². The summed E-state index contributed by atoms with van der Waals surface area (Å²) in [5.41, 5.74) is 0.309. The molecule has 1 fully saturated rings. The molecule has 0 atom stereocenters. The number of ether oxygens (including phenoxy) is 1. The lowest BCUT2D eigenvalue weighted by atomic mass is 9.73. The monoisotopic (exact) mass is 516 g/mol. The number of fused-ring (bicyclic) bond motifs is 1. The fourth-order valence-electron chi connectivity index (χ4n) is 5.54. The van der Waals surface area contributed by atoms with Crippen molar-refractivity contribution < 1.29 is 27.5 Å². The normalized spacial score (nSPS) is 19.6. The Kier molecular flexibility index (Phi) is 8.45. The third kappa shape index (κ3) is 6.84. The van der Waals surface area contributed by atoms with Gasteiger partial charge in [-0.15, -0.1) is 0 Å². The van der Waals surface area contributed by atoms with Crippen LogP contribution in [0.3, 0.4) is 0 Å². The number of alkyl halides is 3. The largest absolute Gasteiger partial charge is 0.493 e. The highest BCUT2D eigenvalue weighted by atomic mass is 19.4. The second-order valence-corrected chi connectivity index (χ2v) is 10.4. The van der Waals surface area contributed by atoms with Gasteiger partial charge in [0.1, 0.15) is 5.75 Å². The molecule has 200 valence electrons. The van der Waals surface area contributed by atoms with Gasteiger partial charge in [-0.05, 0) is 73.8 Å². The molecule has 1 spiro atoms. The van der Waals surface area contributed by atoms with Crippen molar-refractivity contribution in [1.82, 2.24) is 9.80 Å². The molecule has 2 heterocycles. The van der Waals surface area contributed by atoms with Crippen LogP contribution >= 0.6 is 0 Å². The highest BCUT2D eigenvalue weighted by Gasteiger charge is 2.38. The van der Waals surface area contributed by atoms with Gasteiger partial charge in [0.2, 0.25) is 5.91 Å². The smallest absolute Gasteiger partial charge is 0.416 e. The number of amides is 2. The standard InChI is InChI=1S/C29H35F3N2O3/c1-33-21-28(14-5-4-9-22-8-2-3-12-25(22)37-19-7-13-26(33)35)15-17-34(18-16-28)27(36)23-10-6-11-24(20-23)29(30,31)32/h2-3,6,8,10-12,20H,4-5,7,9,13-19,21H2,1H3. The van der Waals surface area contributed by atoms with E-state index in [9.17, 15) is 22.8 Å². The Labute approximate surface area is 216 Å². The third-order valence-electron chi connectivity index (χ3n) is 7.71. The number of aryl methyl sites for hydroxylation is 1. The number of nitrogens with zero attached hydrogens (tertiary/aromatic N) is 2. The molecule has 2 aromatic carbocycles. The molecular weight excluding hydrogens is 481 g/mol. The average Bonchev–Trinajstić information content (AvgIpc) is 2.89. The van der Waals surface area contributed by atoms with Gasteiger partial charge in [0, 0.05) is 38.7 Å². The van der Waals surface area contributed by atoms with E-state index in [0.29, 0.717) is 39.1 Å². The topological polar surface area (TPSA) is 49.9 Å². The van der Waals surface area contributed by atoms with Crippen LogP contribution in [0.25, 0.3) is 0 Å².